The minimum absolute atomic E-state index is 0.00926. The number of likely N-dealkylation sites (tertiary alicyclic amines) is 3. The van der Waals surface area contributed by atoms with Crippen LogP contribution in [0.3, 0.4) is 0 Å². The molecule has 5 amide bonds. The second-order valence-electron chi connectivity index (χ2n) is 22.2. The number of fused-ring (bicyclic) bond motifs is 1. The Labute approximate surface area is 432 Å². The number of aromatic amines is 1. The number of ether oxygens (including phenoxy) is 1. The van der Waals surface area contributed by atoms with Gasteiger partial charge in [0.25, 0.3) is 17.4 Å². The topological polar surface area (TPSA) is 169 Å². The van der Waals surface area contributed by atoms with Crippen LogP contribution in [0.2, 0.25) is 0 Å². The van der Waals surface area contributed by atoms with Crippen molar-refractivity contribution in [3.05, 3.63) is 111 Å². The Morgan fingerprint density at radius 1 is 0.716 bits per heavy atom. The third-order valence-electron chi connectivity index (χ3n) is 16.1. The van der Waals surface area contributed by atoms with E-state index in [0.29, 0.717) is 99.2 Å². The number of hydrogen-bond acceptors (Lipinski definition) is 9. The van der Waals surface area contributed by atoms with Crippen molar-refractivity contribution in [2.45, 2.75) is 122 Å². The van der Waals surface area contributed by atoms with Crippen molar-refractivity contribution < 1.29 is 37.5 Å². The Bertz CT molecular complexity index is 2750. The predicted molar refractivity (Wildman–Crippen MR) is 276 cm³/mol. The molecule has 1 aliphatic carbocycles. The third kappa shape index (κ3) is 12.2. The highest BCUT2D eigenvalue weighted by atomic mass is 19.1. The summed E-state index contributed by atoms with van der Waals surface area (Å²) >= 11 is 0. The van der Waals surface area contributed by atoms with E-state index in [4.69, 9.17) is 4.74 Å². The smallest absolute Gasteiger partial charge is 0.272 e. The van der Waals surface area contributed by atoms with Gasteiger partial charge in [0.15, 0.2) is 0 Å². The molecule has 5 aliphatic rings. The summed E-state index contributed by atoms with van der Waals surface area (Å²) in [5, 5.41) is 11.0. The van der Waals surface area contributed by atoms with E-state index in [0.717, 1.165) is 57.8 Å². The third-order valence-corrected chi connectivity index (χ3v) is 16.1. The van der Waals surface area contributed by atoms with E-state index < -0.39 is 34.9 Å². The maximum atomic E-state index is 16.4. The standard InChI is InChI=1S/C57H72F2N8O7/c1-57(2,3)56(73)67-24-10-13-39(35-67)42-16-9-17-45(50(42)59)52(69)60-51(38-11-5-4-6-12-38)55(72)65-27-22-41(23-28-65)74-40-20-25-63(26-21-40)36-49(68)64-29-31-66(32-30-64)54(71)46-33-37(18-19-47(46)58)34-48-43-14-7-8-15-44(43)53(70)62-61-48/h7-9,14-19,33,38-41,51H,4-6,10-13,20-32,34-36H2,1-3H3,(H,60,69)(H,62,70)/t39-,51+/m0/s1. The van der Waals surface area contributed by atoms with Gasteiger partial charge >= 0.3 is 0 Å². The summed E-state index contributed by atoms with van der Waals surface area (Å²) in [5.41, 5.74) is 0.775. The van der Waals surface area contributed by atoms with Crippen LogP contribution in [0.1, 0.15) is 135 Å². The Morgan fingerprint density at radius 2 is 1.39 bits per heavy atom. The summed E-state index contributed by atoms with van der Waals surface area (Å²) in [6, 6.07) is 15.7. The molecule has 0 bridgehead atoms. The molecule has 4 saturated heterocycles. The first-order valence-corrected chi connectivity index (χ1v) is 27.0. The SMILES string of the molecule is CC(C)(C)C(=O)N1CCC[C@H](c2cccc(C(=O)N[C@@H](C(=O)N3CCC(OC4CCN(CC(=O)N5CCN(C(=O)c6cc(Cc7n[nH]c(=O)c8ccccc78)ccc6F)CC5)CC4)CC3)C3CCCCC3)c2F)C1. The van der Waals surface area contributed by atoms with Crippen molar-refractivity contribution in [1.29, 1.82) is 0 Å². The fourth-order valence-electron chi connectivity index (χ4n) is 11.8. The fourth-order valence-corrected chi connectivity index (χ4v) is 11.8. The molecule has 2 N–H and O–H groups in total. The number of carbonyl (C=O) groups is 5. The van der Waals surface area contributed by atoms with Gasteiger partial charge in [0.1, 0.15) is 17.7 Å². The van der Waals surface area contributed by atoms with Gasteiger partial charge in [-0.2, -0.15) is 5.10 Å². The first-order chi connectivity index (χ1) is 35.6. The highest BCUT2D eigenvalue weighted by Crippen LogP contribution is 2.34. The zero-order chi connectivity index (χ0) is 52.1. The van der Waals surface area contributed by atoms with E-state index in [1.54, 1.807) is 46.2 Å². The number of hydrogen-bond donors (Lipinski definition) is 2. The number of carbonyl (C=O) groups excluding carboxylic acids is 5. The molecule has 9 rings (SSSR count). The second-order valence-corrected chi connectivity index (χ2v) is 22.2. The highest BCUT2D eigenvalue weighted by molar-refractivity contribution is 5.98. The molecule has 0 unspecified atom stereocenters. The molecule has 396 valence electrons. The van der Waals surface area contributed by atoms with Gasteiger partial charge in [-0.3, -0.25) is 33.7 Å². The largest absolute Gasteiger partial charge is 0.375 e. The Hall–Kier alpha value is -6.07. The zero-order valence-electron chi connectivity index (χ0n) is 43.2. The van der Waals surface area contributed by atoms with Crippen LogP contribution in [0.5, 0.6) is 0 Å². The minimum atomic E-state index is -0.759. The van der Waals surface area contributed by atoms with Crippen molar-refractivity contribution in [3.8, 4) is 0 Å². The van der Waals surface area contributed by atoms with Crippen molar-refractivity contribution >= 4 is 40.3 Å². The Balaban J connectivity index is 0.717. The fraction of sp³-hybridized carbons (Fsp3) is 0.561. The molecule has 5 fully saturated rings. The molecule has 0 spiro atoms. The molecule has 1 aromatic heterocycles. The van der Waals surface area contributed by atoms with E-state index in [1.165, 1.54) is 12.1 Å². The van der Waals surface area contributed by atoms with Crippen LogP contribution >= 0.6 is 0 Å². The summed E-state index contributed by atoms with van der Waals surface area (Å²) in [7, 11) is 0. The molecule has 5 heterocycles. The molecule has 15 nitrogen and oxygen atoms in total. The number of halogens is 2. The summed E-state index contributed by atoms with van der Waals surface area (Å²) in [6.45, 7) is 10.6. The quantitative estimate of drug-likeness (QED) is 0.157. The van der Waals surface area contributed by atoms with Crippen LogP contribution in [0.25, 0.3) is 10.8 Å². The first kappa shape index (κ1) is 52.8. The van der Waals surface area contributed by atoms with E-state index >= 15 is 8.78 Å². The van der Waals surface area contributed by atoms with E-state index in [2.05, 4.69) is 20.4 Å². The Kier molecular flexibility index (Phi) is 16.6. The van der Waals surface area contributed by atoms with Gasteiger partial charge < -0.3 is 29.7 Å². The monoisotopic (exact) mass is 1020 g/mol. The molecule has 3 aromatic carbocycles. The molecule has 17 heteroatoms. The second kappa shape index (κ2) is 23.2. The average Bonchev–Trinajstić information content (AvgIpc) is 3.41. The van der Waals surface area contributed by atoms with Crippen molar-refractivity contribution in [3.63, 3.8) is 0 Å². The van der Waals surface area contributed by atoms with Gasteiger partial charge in [-0.1, -0.05) is 76.4 Å². The minimum Gasteiger partial charge on any atom is -0.375 e. The van der Waals surface area contributed by atoms with Crippen molar-refractivity contribution in [1.82, 2.24) is 40.0 Å². The number of nitrogens with zero attached hydrogens (tertiary/aromatic N) is 6. The summed E-state index contributed by atoms with van der Waals surface area (Å²) < 4.78 is 38.1. The van der Waals surface area contributed by atoms with Crippen LogP contribution in [0, 0.1) is 23.0 Å². The lowest BCUT2D eigenvalue weighted by molar-refractivity contribution is -0.141. The molecule has 4 aromatic rings. The van der Waals surface area contributed by atoms with E-state index in [-0.39, 0.29) is 78.1 Å². The number of aromatic nitrogens is 2. The molecule has 74 heavy (non-hydrogen) atoms. The maximum absolute atomic E-state index is 16.4. The lowest BCUT2D eigenvalue weighted by Gasteiger charge is -2.40. The van der Waals surface area contributed by atoms with Gasteiger partial charge in [-0.15, -0.1) is 0 Å². The Morgan fingerprint density at radius 3 is 2.09 bits per heavy atom. The van der Waals surface area contributed by atoms with E-state index in [1.807, 2.05) is 42.7 Å². The summed E-state index contributed by atoms with van der Waals surface area (Å²) in [4.78, 5) is 90.0. The van der Waals surface area contributed by atoms with Crippen LogP contribution in [0.4, 0.5) is 8.78 Å². The number of nitrogens with one attached hydrogen (secondary N) is 2. The molecular weight excluding hydrogens is 947 g/mol. The molecular formula is C57H72F2N8O7. The van der Waals surface area contributed by atoms with Crippen molar-refractivity contribution in [2.24, 2.45) is 11.3 Å². The van der Waals surface area contributed by atoms with Crippen LogP contribution in [-0.2, 0) is 25.5 Å². The molecule has 1 saturated carbocycles. The lowest BCUT2D eigenvalue weighted by Crippen LogP contribution is -2.55. The predicted octanol–water partition coefficient (Wildman–Crippen LogP) is 6.68. The number of piperidine rings is 3. The van der Waals surface area contributed by atoms with E-state index in [9.17, 15) is 28.8 Å². The van der Waals surface area contributed by atoms with Crippen LogP contribution in [0.15, 0.2) is 65.5 Å². The van der Waals surface area contributed by atoms with Crippen LogP contribution in [-0.4, -0.2) is 154 Å². The zero-order valence-corrected chi connectivity index (χ0v) is 43.2. The van der Waals surface area contributed by atoms with Gasteiger partial charge in [0.2, 0.25) is 17.7 Å². The summed E-state index contributed by atoms with van der Waals surface area (Å²) in [5.74, 6) is -2.59. The summed E-state index contributed by atoms with van der Waals surface area (Å²) in [6.07, 6.45) is 9.33. The highest BCUT2D eigenvalue weighted by Gasteiger charge is 2.38. The average molecular weight is 1020 g/mol. The first-order valence-electron chi connectivity index (χ1n) is 27.0. The molecule has 0 radical (unpaired) electrons. The van der Waals surface area contributed by atoms with Gasteiger partial charge in [0, 0.05) is 88.6 Å². The molecule has 4 aliphatic heterocycles. The maximum Gasteiger partial charge on any atom is 0.272 e. The lowest BCUT2D eigenvalue weighted by atomic mass is 9.82. The van der Waals surface area contributed by atoms with Crippen molar-refractivity contribution in [2.75, 3.05) is 72.0 Å². The number of piperazine rings is 1. The van der Waals surface area contributed by atoms with Gasteiger partial charge in [-0.05, 0) is 92.7 Å². The number of amides is 5. The number of rotatable bonds is 12. The molecule has 2 atom stereocenters. The number of benzene rings is 3. The van der Waals surface area contributed by atoms with Gasteiger partial charge in [-0.25, -0.2) is 13.9 Å². The van der Waals surface area contributed by atoms with Gasteiger partial charge in [0.05, 0.1) is 41.0 Å². The normalized spacial score (nSPS) is 20.4. The number of H-pyrrole nitrogens is 1. The van der Waals surface area contributed by atoms with Crippen LogP contribution < -0.4 is 10.9 Å².